The number of carbonyl (C=O) groups excluding carboxylic acids is 1. The van der Waals surface area contributed by atoms with E-state index in [1.165, 1.54) is 25.4 Å². The van der Waals surface area contributed by atoms with E-state index in [1.54, 1.807) is 21.9 Å². The maximum Gasteiger partial charge on any atom is 0.419 e. The molecule has 2 aromatic rings. The summed E-state index contributed by atoms with van der Waals surface area (Å²) < 4.78 is 44.8. The van der Waals surface area contributed by atoms with E-state index in [-0.39, 0.29) is 37.9 Å². The van der Waals surface area contributed by atoms with E-state index in [4.69, 9.17) is 16.3 Å². The summed E-state index contributed by atoms with van der Waals surface area (Å²) in [6.45, 7) is 1.02. The minimum absolute atomic E-state index is 0.113. The van der Waals surface area contributed by atoms with Crippen molar-refractivity contribution in [3.05, 3.63) is 52.7 Å². The summed E-state index contributed by atoms with van der Waals surface area (Å²) in [7, 11) is 1.46. The highest BCUT2D eigenvalue weighted by Gasteiger charge is 2.36. The summed E-state index contributed by atoms with van der Waals surface area (Å²) >= 11 is 5.97. The lowest BCUT2D eigenvalue weighted by Gasteiger charge is -2.36. The minimum atomic E-state index is -4.48. The first-order valence-electron chi connectivity index (χ1n) is 8.21. The molecule has 5 nitrogen and oxygen atoms in total. The zero-order valence-corrected chi connectivity index (χ0v) is 15.2. The third kappa shape index (κ3) is 4.10. The molecule has 9 heteroatoms. The van der Waals surface area contributed by atoms with Gasteiger partial charge in [-0.3, -0.25) is 4.79 Å². The molecule has 0 bridgehead atoms. The van der Waals surface area contributed by atoms with Crippen LogP contribution in [0, 0.1) is 0 Å². The van der Waals surface area contributed by atoms with E-state index < -0.39 is 11.7 Å². The molecule has 0 aliphatic carbocycles. The molecule has 1 amide bonds. The number of alkyl halides is 3. The van der Waals surface area contributed by atoms with Gasteiger partial charge >= 0.3 is 6.18 Å². The number of hydrogen-bond acceptors (Lipinski definition) is 4. The van der Waals surface area contributed by atoms with Crippen molar-refractivity contribution < 1.29 is 22.7 Å². The van der Waals surface area contributed by atoms with Gasteiger partial charge in [0.05, 0.1) is 18.2 Å². The Morgan fingerprint density at radius 2 is 1.89 bits per heavy atom. The molecule has 0 atom stereocenters. The number of rotatable bonds is 3. The summed E-state index contributed by atoms with van der Waals surface area (Å²) in [4.78, 5) is 19.8. The van der Waals surface area contributed by atoms with E-state index in [0.717, 1.165) is 6.07 Å². The second kappa shape index (κ2) is 7.64. The fourth-order valence-corrected chi connectivity index (χ4v) is 3.18. The van der Waals surface area contributed by atoms with Crippen LogP contribution in [0.25, 0.3) is 0 Å². The number of nitrogens with zero attached hydrogens (tertiary/aromatic N) is 3. The molecule has 0 N–H and O–H groups in total. The summed E-state index contributed by atoms with van der Waals surface area (Å²) in [6.07, 6.45) is -3.15. The molecule has 1 saturated heterocycles. The number of anilines is 1. The zero-order valence-electron chi connectivity index (χ0n) is 14.5. The number of hydrogen-bond donors (Lipinski definition) is 0. The Balaban J connectivity index is 1.75. The van der Waals surface area contributed by atoms with Crippen LogP contribution >= 0.6 is 11.6 Å². The first kappa shape index (κ1) is 19.3. The van der Waals surface area contributed by atoms with Crippen molar-refractivity contribution in [2.24, 2.45) is 0 Å². The van der Waals surface area contributed by atoms with Crippen molar-refractivity contribution in [1.82, 2.24) is 9.88 Å². The standard InChI is InChI=1S/C18H17ClF3N3O2/c1-27-15-5-4-12(19)11-13(15)17(26)25-9-7-24(8-10-25)16-14(18(20,21)22)3-2-6-23-16/h2-6,11H,7-10H2,1H3. The Morgan fingerprint density at radius 3 is 2.52 bits per heavy atom. The van der Waals surface area contributed by atoms with Gasteiger partial charge in [0, 0.05) is 37.4 Å². The molecule has 0 saturated carbocycles. The second-order valence-electron chi connectivity index (χ2n) is 6.00. The van der Waals surface area contributed by atoms with Gasteiger partial charge in [-0.15, -0.1) is 0 Å². The predicted molar refractivity (Wildman–Crippen MR) is 95.4 cm³/mol. The molecular formula is C18H17ClF3N3O2. The molecule has 1 aliphatic heterocycles. The summed E-state index contributed by atoms with van der Waals surface area (Å²) in [6, 6.07) is 7.02. The summed E-state index contributed by atoms with van der Waals surface area (Å²) in [5, 5.41) is 0.404. The van der Waals surface area contributed by atoms with Crippen LogP contribution in [0.4, 0.5) is 19.0 Å². The topological polar surface area (TPSA) is 45.7 Å². The van der Waals surface area contributed by atoms with Crippen molar-refractivity contribution in [3.63, 3.8) is 0 Å². The molecule has 1 aromatic heterocycles. The van der Waals surface area contributed by atoms with Gasteiger partial charge in [-0.2, -0.15) is 13.2 Å². The first-order chi connectivity index (χ1) is 12.8. The molecule has 1 aromatic carbocycles. The Bertz CT molecular complexity index is 837. The highest BCUT2D eigenvalue weighted by molar-refractivity contribution is 6.31. The molecule has 1 aliphatic rings. The Hall–Kier alpha value is -2.48. The van der Waals surface area contributed by atoms with Crippen LogP contribution in [0.1, 0.15) is 15.9 Å². The largest absolute Gasteiger partial charge is 0.496 e. The maximum atomic E-state index is 13.2. The number of ether oxygens (including phenoxy) is 1. The third-order valence-electron chi connectivity index (χ3n) is 4.35. The van der Waals surface area contributed by atoms with Gasteiger partial charge in [0.25, 0.3) is 5.91 Å². The number of pyridine rings is 1. The molecule has 0 spiro atoms. The molecule has 0 unspecified atom stereocenters. The van der Waals surface area contributed by atoms with Gasteiger partial charge in [0.15, 0.2) is 0 Å². The van der Waals surface area contributed by atoms with E-state index >= 15 is 0 Å². The first-order valence-corrected chi connectivity index (χ1v) is 8.59. The fraction of sp³-hybridized carbons (Fsp3) is 0.333. The Morgan fingerprint density at radius 1 is 1.19 bits per heavy atom. The van der Waals surface area contributed by atoms with Gasteiger partial charge in [-0.05, 0) is 30.3 Å². The second-order valence-corrected chi connectivity index (χ2v) is 6.43. The fourth-order valence-electron chi connectivity index (χ4n) is 3.01. The minimum Gasteiger partial charge on any atom is -0.496 e. The van der Waals surface area contributed by atoms with Crippen LogP contribution in [0.2, 0.25) is 5.02 Å². The monoisotopic (exact) mass is 399 g/mol. The van der Waals surface area contributed by atoms with Crippen LogP contribution in [0.15, 0.2) is 36.5 Å². The molecule has 27 heavy (non-hydrogen) atoms. The Kier molecular flexibility index (Phi) is 5.46. The number of benzene rings is 1. The number of amides is 1. The Labute approximate surface area is 159 Å². The molecule has 3 rings (SSSR count). The molecule has 144 valence electrons. The van der Waals surface area contributed by atoms with Gasteiger partial charge in [-0.1, -0.05) is 11.6 Å². The van der Waals surface area contributed by atoms with Crippen LogP contribution in [-0.4, -0.2) is 49.1 Å². The average Bonchev–Trinajstić information content (AvgIpc) is 2.67. The number of carbonyl (C=O) groups is 1. The van der Waals surface area contributed by atoms with E-state index in [2.05, 4.69) is 4.98 Å². The predicted octanol–water partition coefficient (Wildman–Crippen LogP) is 3.72. The smallest absolute Gasteiger partial charge is 0.419 e. The molecule has 1 fully saturated rings. The van der Waals surface area contributed by atoms with Crippen LogP contribution in [-0.2, 0) is 6.18 Å². The van der Waals surface area contributed by atoms with E-state index in [9.17, 15) is 18.0 Å². The van der Waals surface area contributed by atoms with Gasteiger partial charge in [0.2, 0.25) is 0 Å². The summed E-state index contributed by atoms with van der Waals surface area (Å²) in [5.74, 6) is 0.0133. The van der Waals surface area contributed by atoms with E-state index in [1.807, 2.05) is 0 Å². The maximum absolute atomic E-state index is 13.2. The van der Waals surface area contributed by atoms with Crippen LogP contribution in [0.3, 0.4) is 0 Å². The van der Waals surface area contributed by atoms with Crippen LogP contribution in [0.5, 0.6) is 5.75 Å². The lowest BCUT2D eigenvalue weighted by atomic mass is 10.1. The zero-order chi connectivity index (χ0) is 19.6. The van der Waals surface area contributed by atoms with Crippen LogP contribution < -0.4 is 9.64 Å². The molecule has 0 radical (unpaired) electrons. The van der Waals surface area contributed by atoms with Crippen molar-refractivity contribution in [3.8, 4) is 5.75 Å². The molecule has 2 heterocycles. The highest BCUT2D eigenvalue weighted by Crippen LogP contribution is 2.35. The average molecular weight is 400 g/mol. The number of halogens is 4. The molecular weight excluding hydrogens is 383 g/mol. The number of piperazine rings is 1. The van der Waals surface area contributed by atoms with Gasteiger partial charge in [0.1, 0.15) is 11.6 Å². The lowest BCUT2D eigenvalue weighted by Crippen LogP contribution is -2.49. The third-order valence-corrected chi connectivity index (χ3v) is 4.59. The SMILES string of the molecule is COc1ccc(Cl)cc1C(=O)N1CCN(c2ncccc2C(F)(F)F)CC1. The van der Waals surface area contributed by atoms with Crippen molar-refractivity contribution in [2.75, 3.05) is 38.2 Å². The van der Waals surface area contributed by atoms with E-state index in [0.29, 0.717) is 16.3 Å². The quantitative estimate of drug-likeness (QED) is 0.789. The van der Waals surface area contributed by atoms with Crippen molar-refractivity contribution in [2.45, 2.75) is 6.18 Å². The van der Waals surface area contributed by atoms with Gasteiger partial charge in [-0.25, -0.2) is 4.98 Å². The van der Waals surface area contributed by atoms with Crippen molar-refractivity contribution in [1.29, 1.82) is 0 Å². The number of methoxy groups -OCH3 is 1. The lowest BCUT2D eigenvalue weighted by molar-refractivity contribution is -0.137. The van der Waals surface area contributed by atoms with Gasteiger partial charge < -0.3 is 14.5 Å². The van der Waals surface area contributed by atoms with Crippen molar-refractivity contribution >= 4 is 23.3 Å². The highest BCUT2D eigenvalue weighted by atomic mass is 35.5. The summed E-state index contributed by atoms with van der Waals surface area (Å²) in [5.41, 5.74) is -0.450. The normalized spacial score (nSPS) is 15.0. The number of aromatic nitrogens is 1.